The molecular weight excluding hydrogens is 392 g/mol. The molecule has 2 heteroatoms. The highest BCUT2D eigenvalue weighted by molar-refractivity contribution is 5.25. The maximum atomic E-state index is 9.07. The van der Waals surface area contributed by atoms with E-state index < -0.39 is 0 Å². The molecular formula is C30H52O2. The molecule has 0 amide bonds. The van der Waals surface area contributed by atoms with Crippen LogP contribution in [-0.4, -0.2) is 24.4 Å². The van der Waals surface area contributed by atoms with Gasteiger partial charge in [-0.15, -0.1) is 0 Å². The lowest BCUT2D eigenvalue weighted by Gasteiger charge is -2.58. The number of rotatable bonds is 9. The van der Waals surface area contributed by atoms with E-state index in [4.69, 9.17) is 9.84 Å². The summed E-state index contributed by atoms with van der Waals surface area (Å²) in [5.74, 6) is 5.47. The van der Waals surface area contributed by atoms with E-state index in [1.807, 2.05) is 0 Å². The van der Waals surface area contributed by atoms with Crippen molar-refractivity contribution in [1.82, 2.24) is 0 Å². The second-order valence-corrected chi connectivity index (χ2v) is 13.1. The van der Waals surface area contributed by atoms with Crippen LogP contribution in [0.25, 0.3) is 0 Å². The van der Waals surface area contributed by atoms with E-state index in [-0.39, 0.29) is 6.61 Å². The van der Waals surface area contributed by atoms with Gasteiger partial charge in [-0.3, -0.25) is 0 Å². The summed E-state index contributed by atoms with van der Waals surface area (Å²) < 4.78 is 6.13. The third-order valence-corrected chi connectivity index (χ3v) is 10.9. The first-order chi connectivity index (χ1) is 15.3. The minimum absolute atomic E-state index is 0.244. The topological polar surface area (TPSA) is 29.5 Å². The summed E-state index contributed by atoms with van der Waals surface area (Å²) in [6, 6.07) is 0. The van der Waals surface area contributed by atoms with Gasteiger partial charge in [0.15, 0.2) is 0 Å². The maximum Gasteiger partial charge on any atom is 0.0612 e. The van der Waals surface area contributed by atoms with Crippen LogP contribution in [-0.2, 0) is 4.74 Å². The summed E-state index contributed by atoms with van der Waals surface area (Å²) in [5, 5.41) is 9.07. The largest absolute Gasteiger partial charge is 0.396 e. The summed E-state index contributed by atoms with van der Waals surface area (Å²) in [7, 11) is 0. The summed E-state index contributed by atoms with van der Waals surface area (Å²) in [5.41, 5.74) is 2.73. The molecule has 8 atom stereocenters. The first-order valence-electron chi connectivity index (χ1n) is 14.2. The van der Waals surface area contributed by atoms with Crippen molar-refractivity contribution in [1.29, 1.82) is 0 Å². The van der Waals surface area contributed by atoms with E-state index in [1.54, 1.807) is 5.57 Å². The average molecular weight is 445 g/mol. The Morgan fingerprint density at radius 1 is 1.00 bits per heavy atom. The fourth-order valence-corrected chi connectivity index (χ4v) is 9.11. The Balaban J connectivity index is 1.42. The van der Waals surface area contributed by atoms with E-state index in [0.717, 1.165) is 48.3 Å². The molecule has 8 unspecified atom stereocenters. The molecule has 0 saturated heterocycles. The molecule has 0 aromatic carbocycles. The van der Waals surface area contributed by atoms with Crippen LogP contribution in [0.4, 0.5) is 0 Å². The fourth-order valence-electron chi connectivity index (χ4n) is 9.11. The van der Waals surface area contributed by atoms with Crippen LogP contribution >= 0.6 is 0 Å². The predicted octanol–water partition coefficient (Wildman–Crippen LogP) is 7.80. The van der Waals surface area contributed by atoms with Gasteiger partial charge in [0.25, 0.3) is 0 Å². The summed E-state index contributed by atoms with van der Waals surface area (Å²) >= 11 is 0. The van der Waals surface area contributed by atoms with Crippen LogP contribution in [0.15, 0.2) is 11.6 Å². The molecule has 0 aromatic heterocycles. The normalized spacial score (nSPS) is 42.2. The quantitative estimate of drug-likeness (QED) is 0.290. The van der Waals surface area contributed by atoms with Gasteiger partial charge in [-0.2, -0.15) is 0 Å². The number of ether oxygens (including phenoxy) is 1. The molecule has 0 aliphatic heterocycles. The average Bonchev–Trinajstić information content (AvgIpc) is 3.11. The number of aliphatic hydroxyl groups is 1. The van der Waals surface area contributed by atoms with Gasteiger partial charge in [-0.1, -0.05) is 65.5 Å². The van der Waals surface area contributed by atoms with Gasteiger partial charge in [0.2, 0.25) is 0 Å². The van der Waals surface area contributed by atoms with Crippen molar-refractivity contribution in [3.8, 4) is 0 Å². The van der Waals surface area contributed by atoms with Crippen molar-refractivity contribution in [2.45, 2.75) is 118 Å². The zero-order valence-corrected chi connectivity index (χ0v) is 21.9. The lowest BCUT2D eigenvalue weighted by Crippen LogP contribution is -2.51. The molecule has 4 rings (SSSR count). The Hall–Kier alpha value is -0.340. The van der Waals surface area contributed by atoms with Crippen molar-refractivity contribution in [3.05, 3.63) is 11.6 Å². The SMILES string of the molecule is CC(C)CCCC(C)C1CCC2C3CC=C4CC(OCCCO)CCC4(C)C3CCC12C. The molecule has 4 aliphatic carbocycles. The van der Waals surface area contributed by atoms with Crippen molar-refractivity contribution in [3.63, 3.8) is 0 Å². The Morgan fingerprint density at radius 2 is 1.81 bits per heavy atom. The molecule has 0 bridgehead atoms. The third-order valence-electron chi connectivity index (χ3n) is 10.9. The first-order valence-corrected chi connectivity index (χ1v) is 14.2. The van der Waals surface area contributed by atoms with Gasteiger partial charge >= 0.3 is 0 Å². The fraction of sp³-hybridized carbons (Fsp3) is 0.933. The second-order valence-electron chi connectivity index (χ2n) is 13.1. The van der Waals surface area contributed by atoms with Crippen LogP contribution in [0.1, 0.15) is 112 Å². The van der Waals surface area contributed by atoms with Gasteiger partial charge in [0.1, 0.15) is 0 Å². The number of aliphatic hydroxyl groups excluding tert-OH is 1. The van der Waals surface area contributed by atoms with Crippen LogP contribution in [0, 0.1) is 46.3 Å². The lowest BCUT2D eigenvalue weighted by molar-refractivity contribution is -0.0645. The Kier molecular flexibility index (Phi) is 7.82. The van der Waals surface area contributed by atoms with Crippen molar-refractivity contribution in [2.75, 3.05) is 13.2 Å². The number of fused-ring (bicyclic) bond motifs is 5. The molecule has 32 heavy (non-hydrogen) atoms. The molecule has 0 radical (unpaired) electrons. The zero-order chi connectivity index (χ0) is 22.9. The van der Waals surface area contributed by atoms with Crippen LogP contribution < -0.4 is 0 Å². The standard InChI is InChI=1S/C30H52O2/c1-21(2)8-6-9-22(3)26-12-13-27-25-11-10-23-20-24(32-19-7-18-31)14-16-29(23,4)28(25)15-17-30(26,27)5/h10,21-22,24-28,31H,6-9,11-20H2,1-5H3. The van der Waals surface area contributed by atoms with Crippen LogP contribution in [0.5, 0.6) is 0 Å². The van der Waals surface area contributed by atoms with Gasteiger partial charge in [0, 0.05) is 13.2 Å². The van der Waals surface area contributed by atoms with E-state index in [9.17, 15) is 0 Å². The summed E-state index contributed by atoms with van der Waals surface area (Å²) in [6.07, 6.45) is 19.0. The van der Waals surface area contributed by atoms with Crippen LogP contribution in [0.3, 0.4) is 0 Å². The smallest absolute Gasteiger partial charge is 0.0612 e. The Morgan fingerprint density at radius 3 is 2.56 bits per heavy atom. The van der Waals surface area contributed by atoms with Gasteiger partial charge in [-0.25, -0.2) is 0 Å². The lowest BCUT2D eigenvalue weighted by atomic mass is 9.47. The summed E-state index contributed by atoms with van der Waals surface area (Å²) in [6.45, 7) is 13.6. The monoisotopic (exact) mass is 444 g/mol. The van der Waals surface area contributed by atoms with Gasteiger partial charge in [0.05, 0.1) is 6.10 Å². The highest BCUT2D eigenvalue weighted by Gasteiger charge is 2.59. The maximum absolute atomic E-state index is 9.07. The van der Waals surface area contributed by atoms with Crippen molar-refractivity contribution >= 4 is 0 Å². The molecule has 0 heterocycles. The predicted molar refractivity (Wildman–Crippen MR) is 134 cm³/mol. The highest BCUT2D eigenvalue weighted by atomic mass is 16.5. The molecule has 1 N–H and O–H groups in total. The highest BCUT2D eigenvalue weighted by Crippen LogP contribution is 2.67. The zero-order valence-electron chi connectivity index (χ0n) is 21.9. The van der Waals surface area contributed by atoms with E-state index in [2.05, 4.69) is 40.7 Å². The number of allylic oxidation sites excluding steroid dienone is 1. The number of hydrogen-bond acceptors (Lipinski definition) is 2. The number of hydrogen-bond donors (Lipinski definition) is 1. The van der Waals surface area contributed by atoms with Crippen molar-refractivity contribution < 1.29 is 9.84 Å². The molecule has 4 aliphatic rings. The van der Waals surface area contributed by atoms with Crippen molar-refractivity contribution in [2.24, 2.45) is 46.3 Å². The van der Waals surface area contributed by atoms with E-state index in [0.29, 0.717) is 23.5 Å². The van der Waals surface area contributed by atoms with E-state index in [1.165, 1.54) is 64.2 Å². The molecule has 3 fully saturated rings. The van der Waals surface area contributed by atoms with Gasteiger partial charge in [-0.05, 0) is 104 Å². The molecule has 184 valence electrons. The Labute approximate surface area is 199 Å². The molecule has 2 nitrogen and oxygen atoms in total. The minimum Gasteiger partial charge on any atom is -0.396 e. The molecule has 3 saturated carbocycles. The van der Waals surface area contributed by atoms with Crippen LogP contribution in [0.2, 0.25) is 0 Å². The van der Waals surface area contributed by atoms with E-state index >= 15 is 0 Å². The summed E-state index contributed by atoms with van der Waals surface area (Å²) in [4.78, 5) is 0. The van der Waals surface area contributed by atoms with Gasteiger partial charge < -0.3 is 9.84 Å². The minimum atomic E-state index is 0.244. The molecule has 0 spiro atoms. The third kappa shape index (κ3) is 4.61. The Bertz CT molecular complexity index is 653. The molecule has 0 aromatic rings. The first kappa shape index (κ1) is 24.8. The second kappa shape index (κ2) is 10.1.